The van der Waals surface area contributed by atoms with Gasteiger partial charge in [0.15, 0.2) is 0 Å². The summed E-state index contributed by atoms with van der Waals surface area (Å²) in [6.45, 7) is 4.84. The first-order valence-electron chi connectivity index (χ1n) is 7.31. The Morgan fingerprint density at radius 2 is 1.86 bits per heavy atom. The average Bonchev–Trinajstić information content (AvgIpc) is 2.83. The second-order valence-electron chi connectivity index (χ2n) is 6.05. The molecule has 21 heavy (non-hydrogen) atoms. The SMILES string of the molecule is Cc1cc(C)cc([C@H]2CCCN2C(=O)CCS(C)(=O)=O)c1. The first kappa shape index (κ1) is 16.0. The molecule has 1 heterocycles. The molecular weight excluding hydrogens is 286 g/mol. The standard InChI is InChI=1S/C16H23NO3S/c1-12-9-13(2)11-14(10-12)15-5-4-7-17(15)16(18)6-8-21(3,19)20/h9-11,15H,4-8H2,1-3H3/t15-/m1/s1. The summed E-state index contributed by atoms with van der Waals surface area (Å²) < 4.78 is 22.4. The fourth-order valence-corrected chi connectivity index (χ4v) is 3.58. The maximum Gasteiger partial charge on any atom is 0.224 e. The Morgan fingerprint density at radius 1 is 1.24 bits per heavy atom. The van der Waals surface area contributed by atoms with Gasteiger partial charge in [-0.15, -0.1) is 0 Å². The third kappa shape index (κ3) is 4.30. The first-order chi connectivity index (χ1) is 9.76. The number of hydrogen-bond acceptors (Lipinski definition) is 3. The van der Waals surface area contributed by atoms with E-state index in [9.17, 15) is 13.2 Å². The highest BCUT2D eigenvalue weighted by Gasteiger charge is 2.30. The van der Waals surface area contributed by atoms with Gasteiger partial charge < -0.3 is 4.90 Å². The molecule has 1 saturated heterocycles. The highest BCUT2D eigenvalue weighted by Crippen LogP contribution is 2.33. The summed E-state index contributed by atoms with van der Waals surface area (Å²) in [6.07, 6.45) is 3.18. The molecule has 116 valence electrons. The summed E-state index contributed by atoms with van der Waals surface area (Å²) in [5.74, 6) is -0.121. The lowest BCUT2D eigenvalue weighted by atomic mass is 9.99. The van der Waals surface area contributed by atoms with Crippen LogP contribution in [0.5, 0.6) is 0 Å². The molecule has 1 aliphatic heterocycles. The van der Waals surface area contributed by atoms with Gasteiger partial charge >= 0.3 is 0 Å². The lowest BCUT2D eigenvalue weighted by Gasteiger charge is -2.25. The summed E-state index contributed by atoms with van der Waals surface area (Å²) in [5.41, 5.74) is 3.55. The molecule has 1 aromatic rings. The van der Waals surface area contributed by atoms with Crippen LogP contribution in [0.25, 0.3) is 0 Å². The summed E-state index contributed by atoms with van der Waals surface area (Å²) in [5, 5.41) is 0. The van der Waals surface area contributed by atoms with Crippen molar-refractivity contribution in [2.75, 3.05) is 18.6 Å². The van der Waals surface area contributed by atoms with Crippen molar-refractivity contribution >= 4 is 15.7 Å². The molecule has 0 spiro atoms. The van der Waals surface area contributed by atoms with Crippen LogP contribution in [-0.4, -0.2) is 37.8 Å². The zero-order valence-electron chi connectivity index (χ0n) is 12.9. The Kier molecular flexibility index (Phi) is 4.71. The molecule has 1 aromatic carbocycles. The molecule has 2 rings (SSSR count). The number of hydrogen-bond donors (Lipinski definition) is 0. The minimum Gasteiger partial charge on any atom is -0.336 e. The van der Waals surface area contributed by atoms with Crippen molar-refractivity contribution < 1.29 is 13.2 Å². The van der Waals surface area contributed by atoms with Crippen molar-refractivity contribution in [1.82, 2.24) is 4.90 Å². The average molecular weight is 309 g/mol. The molecule has 0 aliphatic carbocycles. The summed E-state index contributed by atoms with van der Waals surface area (Å²) >= 11 is 0. The summed E-state index contributed by atoms with van der Waals surface area (Å²) in [4.78, 5) is 14.2. The van der Waals surface area contributed by atoms with Crippen LogP contribution in [-0.2, 0) is 14.6 Å². The molecular formula is C16H23NO3S. The van der Waals surface area contributed by atoms with Crippen molar-refractivity contribution in [2.45, 2.75) is 39.2 Å². The highest BCUT2D eigenvalue weighted by molar-refractivity contribution is 7.90. The molecule has 0 saturated carbocycles. The number of sulfone groups is 1. The minimum absolute atomic E-state index is 0.0536. The van der Waals surface area contributed by atoms with E-state index in [1.54, 1.807) is 0 Å². The molecule has 1 aliphatic rings. The van der Waals surface area contributed by atoms with E-state index in [-0.39, 0.29) is 24.1 Å². The number of aryl methyl sites for hydroxylation is 2. The largest absolute Gasteiger partial charge is 0.336 e. The van der Waals surface area contributed by atoms with Crippen LogP contribution >= 0.6 is 0 Å². The van der Waals surface area contributed by atoms with Gasteiger partial charge in [0.05, 0.1) is 11.8 Å². The van der Waals surface area contributed by atoms with Crippen molar-refractivity contribution in [3.8, 4) is 0 Å². The molecule has 1 fully saturated rings. The number of carbonyl (C=O) groups is 1. The van der Waals surface area contributed by atoms with Crippen molar-refractivity contribution in [3.05, 3.63) is 34.9 Å². The van der Waals surface area contributed by atoms with Gasteiger partial charge in [-0.2, -0.15) is 0 Å². The highest BCUT2D eigenvalue weighted by atomic mass is 32.2. The monoisotopic (exact) mass is 309 g/mol. The molecule has 0 N–H and O–H groups in total. The van der Waals surface area contributed by atoms with E-state index in [0.29, 0.717) is 0 Å². The Balaban J connectivity index is 2.14. The van der Waals surface area contributed by atoms with Gasteiger partial charge in [0.2, 0.25) is 5.91 Å². The van der Waals surface area contributed by atoms with E-state index in [0.717, 1.165) is 24.9 Å². The van der Waals surface area contributed by atoms with Crippen LogP contribution in [0.4, 0.5) is 0 Å². The van der Waals surface area contributed by atoms with Crippen LogP contribution in [0.1, 0.15) is 42.0 Å². The fraction of sp³-hybridized carbons (Fsp3) is 0.562. The molecule has 1 atom stereocenters. The Hall–Kier alpha value is -1.36. The summed E-state index contributed by atoms with van der Waals surface area (Å²) in [6, 6.07) is 6.46. The number of benzene rings is 1. The predicted molar refractivity (Wildman–Crippen MR) is 83.9 cm³/mol. The van der Waals surface area contributed by atoms with E-state index >= 15 is 0 Å². The van der Waals surface area contributed by atoms with Gasteiger partial charge in [0, 0.05) is 19.2 Å². The Labute approximate surface area is 127 Å². The third-order valence-corrected chi connectivity index (χ3v) is 4.83. The van der Waals surface area contributed by atoms with E-state index < -0.39 is 9.84 Å². The van der Waals surface area contributed by atoms with Crippen molar-refractivity contribution in [3.63, 3.8) is 0 Å². The molecule has 0 aromatic heterocycles. The zero-order valence-corrected chi connectivity index (χ0v) is 13.7. The van der Waals surface area contributed by atoms with Crippen LogP contribution in [0.2, 0.25) is 0 Å². The molecule has 4 nitrogen and oxygen atoms in total. The molecule has 1 amide bonds. The van der Waals surface area contributed by atoms with Gasteiger partial charge in [-0.05, 0) is 32.3 Å². The van der Waals surface area contributed by atoms with E-state index in [2.05, 4.69) is 32.0 Å². The smallest absolute Gasteiger partial charge is 0.224 e. The number of nitrogens with zero attached hydrogens (tertiary/aromatic N) is 1. The van der Waals surface area contributed by atoms with E-state index in [4.69, 9.17) is 0 Å². The quantitative estimate of drug-likeness (QED) is 0.858. The first-order valence-corrected chi connectivity index (χ1v) is 9.38. The number of likely N-dealkylation sites (tertiary alicyclic amines) is 1. The lowest BCUT2D eigenvalue weighted by Crippen LogP contribution is -2.31. The molecule has 0 unspecified atom stereocenters. The summed E-state index contributed by atoms with van der Waals surface area (Å²) in [7, 11) is -3.09. The van der Waals surface area contributed by atoms with E-state index in [1.807, 2.05) is 4.90 Å². The fourth-order valence-electron chi connectivity index (χ4n) is 3.03. The van der Waals surface area contributed by atoms with Gasteiger partial charge in [-0.3, -0.25) is 4.79 Å². The topological polar surface area (TPSA) is 54.5 Å². The Bertz CT molecular complexity index is 617. The predicted octanol–water partition coefficient (Wildman–Crippen LogP) is 2.40. The maximum absolute atomic E-state index is 12.3. The van der Waals surface area contributed by atoms with Crippen molar-refractivity contribution in [1.29, 1.82) is 0 Å². The number of carbonyl (C=O) groups excluding carboxylic acids is 1. The lowest BCUT2D eigenvalue weighted by molar-refractivity contribution is -0.131. The van der Waals surface area contributed by atoms with Gasteiger partial charge in [-0.1, -0.05) is 29.3 Å². The second kappa shape index (κ2) is 6.18. The van der Waals surface area contributed by atoms with Gasteiger partial charge in [0.25, 0.3) is 0 Å². The van der Waals surface area contributed by atoms with Crippen LogP contribution in [0.3, 0.4) is 0 Å². The van der Waals surface area contributed by atoms with E-state index in [1.165, 1.54) is 17.4 Å². The zero-order chi connectivity index (χ0) is 15.6. The Morgan fingerprint density at radius 3 is 2.43 bits per heavy atom. The molecule has 0 bridgehead atoms. The minimum atomic E-state index is -3.09. The number of amides is 1. The van der Waals surface area contributed by atoms with Crippen molar-refractivity contribution in [2.24, 2.45) is 0 Å². The third-order valence-electron chi connectivity index (χ3n) is 3.89. The van der Waals surface area contributed by atoms with Gasteiger partial charge in [0.1, 0.15) is 9.84 Å². The van der Waals surface area contributed by atoms with Gasteiger partial charge in [-0.25, -0.2) is 8.42 Å². The maximum atomic E-state index is 12.3. The van der Waals surface area contributed by atoms with Crippen LogP contribution in [0.15, 0.2) is 18.2 Å². The van der Waals surface area contributed by atoms with Crippen LogP contribution < -0.4 is 0 Å². The van der Waals surface area contributed by atoms with Crippen LogP contribution in [0, 0.1) is 13.8 Å². The molecule has 5 heteroatoms. The normalized spacial score (nSPS) is 19.0. The molecule has 0 radical (unpaired) electrons. The second-order valence-corrected chi connectivity index (χ2v) is 8.31. The number of rotatable bonds is 4.